The molecule has 1 amide bonds. The van der Waals surface area contributed by atoms with Gasteiger partial charge in [0, 0.05) is 12.8 Å². The Morgan fingerprint density at radius 3 is 1.95 bits per heavy atom. The molecule has 0 rings (SSSR count). The van der Waals surface area contributed by atoms with E-state index in [0.717, 1.165) is 57.8 Å². The summed E-state index contributed by atoms with van der Waals surface area (Å²) in [6.45, 7) is 2.29. The second-order valence-corrected chi connectivity index (χ2v) is 11.7. The topological polar surface area (TPSA) is 169 Å². The van der Waals surface area contributed by atoms with Gasteiger partial charge in [-0.3, -0.25) is 18.6 Å². The fraction of sp³-hybridized carbons (Fsp3) is 0.767. The zero-order valence-corrected chi connectivity index (χ0v) is 26.4. The summed E-state index contributed by atoms with van der Waals surface area (Å²) in [5.41, 5.74) is 0. The maximum atomic E-state index is 12.2. The number of hydrogen-bond donors (Lipinski definition) is 4. The number of unbranched alkanes of at least 4 members (excludes halogenated alkanes) is 10. The molecular weight excluding hydrogens is 565 g/mol. The Bertz CT molecular complexity index is 833. The van der Waals surface area contributed by atoms with Crippen molar-refractivity contribution in [1.29, 1.82) is 0 Å². The van der Waals surface area contributed by atoms with Crippen LogP contribution in [0.4, 0.5) is 0 Å². The zero-order valence-electron chi connectivity index (χ0n) is 25.5. The first-order chi connectivity index (χ1) is 20.1. The molecule has 0 saturated heterocycles. The Labute approximate surface area is 251 Å². The standard InChI is InChI=1S/C30H54NO10P/c1-3-5-7-8-9-10-11-12-13-14-15-16-17-18-20-21-28(33)31-27(30(35)36)25-41-42(37,38)40-24-26(32)23-39-29(34)22-19-6-4-2/h9-10,12-13,26-27,32H,3-8,11,14-25H2,1-2H3,(H,31,33)(H,35,36)(H,37,38)/b10-9-,13-12-. The van der Waals surface area contributed by atoms with E-state index in [9.17, 15) is 34.1 Å². The Hall–Kier alpha value is -2.04. The van der Waals surface area contributed by atoms with Gasteiger partial charge in [0.25, 0.3) is 0 Å². The smallest absolute Gasteiger partial charge is 0.472 e. The normalized spacial score (nSPS) is 14.6. The van der Waals surface area contributed by atoms with Crippen LogP contribution in [-0.4, -0.2) is 64.9 Å². The molecule has 12 heteroatoms. The maximum Gasteiger partial charge on any atom is 0.472 e. The minimum atomic E-state index is -4.73. The lowest BCUT2D eigenvalue weighted by atomic mass is 10.1. The van der Waals surface area contributed by atoms with Crippen LogP contribution in [0.5, 0.6) is 0 Å². The lowest BCUT2D eigenvalue weighted by molar-refractivity contribution is -0.147. The molecule has 244 valence electrons. The summed E-state index contributed by atoms with van der Waals surface area (Å²) in [5, 5.41) is 21.4. The second kappa shape index (κ2) is 26.6. The number of carboxylic acid groups (broad SMARTS) is 1. The predicted octanol–water partition coefficient (Wildman–Crippen LogP) is 5.99. The minimum Gasteiger partial charge on any atom is -0.480 e. The Kier molecular flexibility index (Phi) is 25.3. The van der Waals surface area contributed by atoms with Gasteiger partial charge < -0.3 is 25.2 Å². The molecule has 0 aliphatic heterocycles. The van der Waals surface area contributed by atoms with E-state index < -0.39 is 57.6 Å². The van der Waals surface area contributed by atoms with Crippen LogP contribution in [0.3, 0.4) is 0 Å². The van der Waals surface area contributed by atoms with E-state index in [0.29, 0.717) is 12.8 Å². The SMILES string of the molecule is CCCCC/C=C\C/C=C\CCCCCCCC(=O)NC(COP(=O)(O)OCC(O)COC(=O)CCCCC)C(=O)O. The fourth-order valence-electron chi connectivity index (χ4n) is 3.75. The highest BCUT2D eigenvalue weighted by molar-refractivity contribution is 7.47. The van der Waals surface area contributed by atoms with Gasteiger partial charge in [-0.15, -0.1) is 0 Å². The molecule has 0 aromatic heterocycles. The number of aliphatic hydroxyl groups is 1. The highest BCUT2D eigenvalue weighted by Crippen LogP contribution is 2.43. The Balaban J connectivity index is 4.06. The molecule has 42 heavy (non-hydrogen) atoms. The van der Waals surface area contributed by atoms with Gasteiger partial charge in [0.1, 0.15) is 12.7 Å². The van der Waals surface area contributed by atoms with Crippen molar-refractivity contribution >= 4 is 25.7 Å². The second-order valence-electron chi connectivity index (χ2n) is 10.3. The molecule has 0 bridgehead atoms. The summed E-state index contributed by atoms with van der Waals surface area (Å²) in [4.78, 5) is 45.0. The molecule has 11 nitrogen and oxygen atoms in total. The Morgan fingerprint density at radius 1 is 0.762 bits per heavy atom. The highest BCUT2D eigenvalue weighted by Gasteiger charge is 2.28. The van der Waals surface area contributed by atoms with Crippen molar-refractivity contribution in [3.63, 3.8) is 0 Å². The zero-order chi connectivity index (χ0) is 31.5. The van der Waals surface area contributed by atoms with Crippen molar-refractivity contribution < 1.29 is 47.8 Å². The number of esters is 1. The van der Waals surface area contributed by atoms with Crippen LogP contribution in [-0.2, 0) is 32.7 Å². The number of aliphatic carboxylic acids is 1. The molecular formula is C30H54NO10P. The van der Waals surface area contributed by atoms with Crippen molar-refractivity contribution in [3.8, 4) is 0 Å². The number of carbonyl (C=O) groups excluding carboxylic acids is 2. The van der Waals surface area contributed by atoms with Gasteiger partial charge in [-0.2, -0.15) is 0 Å². The van der Waals surface area contributed by atoms with E-state index in [1.165, 1.54) is 19.3 Å². The molecule has 0 aliphatic carbocycles. The summed E-state index contributed by atoms with van der Waals surface area (Å²) >= 11 is 0. The summed E-state index contributed by atoms with van der Waals surface area (Å²) in [6, 6.07) is -1.55. The molecule has 3 unspecified atom stereocenters. The van der Waals surface area contributed by atoms with Crippen LogP contribution in [0, 0.1) is 0 Å². The molecule has 0 radical (unpaired) electrons. The first kappa shape index (κ1) is 40.0. The van der Waals surface area contributed by atoms with Crippen LogP contribution in [0.1, 0.15) is 117 Å². The van der Waals surface area contributed by atoms with Gasteiger partial charge in [0.05, 0.1) is 13.2 Å². The molecule has 4 N–H and O–H groups in total. The minimum absolute atomic E-state index is 0.130. The van der Waals surface area contributed by atoms with Crippen molar-refractivity contribution in [1.82, 2.24) is 5.32 Å². The number of rotatable bonds is 28. The third kappa shape index (κ3) is 25.7. The molecule has 0 fully saturated rings. The van der Waals surface area contributed by atoms with Gasteiger partial charge in [-0.05, 0) is 44.9 Å². The number of hydrogen-bond acceptors (Lipinski definition) is 8. The lowest BCUT2D eigenvalue weighted by Crippen LogP contribution is -2.43. The number of carbonyl (C=O) groups is 3. The van der Waals surface area contributed by atoms with E-state index in [4.69, 9.17) is 9.26 Å². The third-order valence-electron chi connectivity index (χ3n) is 6.24. The van der Waals surface area contributed by atoms with Gasteiger partial charge in [0.15, 0.2) is 6.04 Å². The van der Waals surface area contributed by atoms with E-state index in [-0.39, 0.29) is 12.8 Å². The summed E-state index contributed by atoms with van der Waals surface area (Å²) < 4.78 is 26.3. The van der Waals surface area contributed by atoms with E-state index in [1.54, 1.807) is 0 Å². The summed E-state index contributed by atoms with van der Waals surface area (Å²) in [5.74, 6) is -2.43. The van der Waals surface area contributed by atoms with Crippen molar-refractivity contribution in [2.24, 2.45) is 0 Å². The quantitative estimate of drug-likeness (QED) is 0.0353. The molecule has 0 heterocycles. The largest absolute Gasteiger partial charge is 0.480 e. The monoisotopic (exact) mass is 619 g/mol. The lowest BCUT2D eigenvalue weighted by Gasteiger charge is -2.18. The first-order valence-corrected chi connectivity index (χ1v) is 16.9. The first-order valence-electron chi connectivity index (χ1n) is 15.4. The number of amides is 1. The predicted molar refractivity (Wildman–Crippen MR) is 162 cm³/mol. The third-order valence-corrected chi connectivity index (χ3v) is 7.19. The Morgan fingerprint density at radius 2 is 1.31 bits per heavy atom. The molecule has 0 aromatic carbocycles. The molecule has 0 aliphatic rings. The average molecular weight is 620 g/mol. The van der Waals surface area contributed by atoms with Crippen molar-refractivity contribution in [2.45, 2.75) is 129 Å². The molecule has 3 atom stereocenters. The van der Waals surface area contributed by atoms with Gasteiger partial charge >= 0.3 is 19.8 Å². The summed E-state index contributed by atoms with van der Waals surface area (Å²) in [6.07, 6.45) is 21.7. The van der Waals surface area contributed by atoms with E-state index in [1.807, 2.05) is 6.92 Å². The number of phosphoric ester groups is 1. The van der Waals surface area contributed by atoms with Crippen molar-refractivity contribution in [3.05, 3.63) is 24.3 Å². The number of carboxylic acids is 1. The summed E-state index contributed by atoms with van der Waals surface area (Å²) in [7, 11) is -4.73. The average Bonchev–Trinajstić information content (AvgIpc) is 2.95. The molecule has 0 aromatic rings. The van der Waals surface area contributed by atoms with Crippen molar-refractivity contribution in [2.75, 3.05) is 19.8 Å². The maximum absolute atomic E-state index is 12.2. The van der Waals surface area contributed by atoms with Gasteiger partial charge in [-0.1, -0.05) is 83.1 Å². The van der Waals surface area contributed by atoms with Crippen LogP contribution in [0.15, 0.2) is 24.3 Å². The highest BCUT2D eigenvalue weighted by atomic mass is 31.2. The number of allylic oxidation sites excluding steroid dienone is 4. The van der Waals surface area contributed by atoms with Crippen LogP contribution in [0.2, 0.25) is 0 Å². The molecule has 0 spiro atoms. The number of phosphoric acid groups is 1. The van der Waals surface area contributed by atoms with Crippen LogP contribution < -0.4 is 5.32 Å². The van der Waals surface area contributed by atoms with E-state index >= 15 is 0 Å². The number of nitrogens with one attached hydrogen (secondary N) is 1. The van der Waals surface area contributed by atoms with E-state index in [2.05, 4.69) is 41.1 Å². The number of ether oxygens (including phenoxy) is 1. The molecule has 0 saturated carbocycles. The van der Waals surface area contributed by atoms with Gasteiger partial charge in [0.2, 0.25) is 5.91 Å². The van der Waals surface area contributed by atoms with Gasteiger partial charge in [-0.25, -0.2) is 9.36 Å². The van der Waals surface area contributed by atoms with Crippen LogP contribution in [0.25, 0.3) is 0 Å². The number of aliphatic hydroxyl groups excluding tert-OH is 1. The van der Waals surface area contributed by atoms with Crippen LogP contribution >= 0.6 is 7.82 Å². The fourth-order valence-corrected chi connectivity index (χ4v) is 4.53.